The van der Waals surface area contributed by atoms with Crippen molar-refractivity contribution in [1.82, 2.24) is 4.98 Å². The van der Waals surface area contributed by atoms with Crippen LogP contribution in [0.3, 0.4) is 0 Å². The zero-order valence-electron chi connectivity index (χ0n) is 9.89. The largest absolute Gasteiger partial charge is 0.280 e. The number of aromatic nitrogens is 1. The number of rotatable bonds is 3. The Morgan fingerprint density at radius 1 is 1.26 bits per heavy atom. The lowest BCUT2D eigenvalue weighted by atomic mass is 10.3. The fraction of sp³-hybridized carbons (Fsp3) is 0.0833. The molecule has 0 spiro atoms. The Balaban J connectivity index is 2.35. The summed E-state index contributed by atoms with van der Waals surface area (Å²) in [6.45, 7) is 1.79. The third-order valence-corrected chi connectivity index (χ3v) is 4.94. The number of pyridine rings is 1. The first-order valence-electron chi connectivity index (χ1n) is 5.29. The molecule has 2 aromatic rings. The van der Waals surface area contributed by atoms with Crippen LogP contribution in [0.2, 0.25) is 5.02 Å². The highest BCUT2D eigenvalue weighted by Gasteiger charge is 2.15. The molecule has 1 aromatic heterocycles. The summed E-state index contributed by atoms with van der Waals surface area (Å²) in [6.07, 6.45) is 1.55. The van der Waals surface area contributed by atoms with Gasteiger partial charge in [0, 0.05) is 16.4 Å². The second-order valence-corrected chi connectivity index (χ2v) is 6.81. The van der Waals surface area contributed by atoms with E-state index in [2.05, 4.69) is 25.6 Å². The summed E-state index contributed by atoms with van der Waals surface area (Å²) in [5.74, 6) is 0. The van der Waals surface area contributed by atoms with E-state index in [4.69, 9.17) is 11.6 Å². The molecule has 0 unspecified atom stereocenters. The van der Waals surface area contributed by atoms with E-state index in [1.165, 1.54) is 18.2 Å². The van der Waals surface area contributed by atoms with Gasteiger partial charge in [0.05, 0.1) is 15.6 Å². The van der Waals surface area contributed by atoms with E-state index in [1.807, 2.05) is 0 Å². The van der Waals surface area contributed by atoms with E-state index in [9.17, 15) is 8.42 Å². The zero-order valence-corrected chi connectivity index (χ0v) is 13.1. The lowest BCUT2D eigenvalue weighted by Gasteiger charge is -2.09. The van der Waals surface area contributed by atoms with E-state index >= 15 is 0 Å². The summed E-state index contributed by atoms with van der Waals surface area (Å²) in [5.41, 5.74) is 1.20. The maximum atomic E-state index is 12.2. The molecule has 0 atom stereocenters. The average Bonchev–Trinajstić information content (AvgIpc) is 2.32. The average molecular weight is 362 g/mol. The predicted octanol–water partition coefficient (Wildman–Crippen LogP) is 3.61. The number of aryl methyl sites for hydroxylation is 1. The third-order valence-electron chi connectivity index (χ3n) is 2.35. The molecule has 1 N–H and O–H groups in total. The molecule has 0 radical (unpaired) electrons. The van der Waals surface area contributed by atoms with Crippen molar-refractivity contribution < 1.29 is 8.42 Å². The predicted molar refractivity (Wildman–Crippen MR) is 78.9 cm³/mol. The van der Waals surface area contributed by atoms with Crippen molar-refractivity contribution in [3.05, 3.63) is 51.7 Å². The van der Waals surface area contributed by atoms with Crippen molar-refractivity contribution in [3.8, 4) is 0 Å². The van der Waals surface area contributed by atoms with Crippen molar-refractivity contribution in [2.24, 2.45) is 0 Å². The summed E-state index contributed by atoms with van der Waals surface area (Å²) in [5, 5.41) is 0.457. The highest BCUT2D eigenvalue weighted by Crippen LogP contribution is 2.26. The maximum Gasteiger partial charge on any atom is 0.261 e. The van der Waals surface area contributed by atoms with Gasteiger partial charge in [-0.3, -0.25) is 9.71 Å². The van der Waals surface area contributed by atoms with Crippen LogP contribution < -0.4 is 4.72 Å². The van der Waals surface area contributed by atoms with Crippen molar-refractivity contribution in [2.45, 2.75) is 11.8 Å². The molecule has 4 nitrogen and oxygen atoms in total. The standard InChI is InChI=1S/C12H10BrClN2O2S/c1-8-6-9(4-5-15-8)16-19(17,18)10-2-3-12(14)11(13)7-10/h2-7H,1H3,(H,15,16). The smallest absolute Gasteiger partial charge is 0.261 e. The van der Waals surface area contributed by atoms with Crippen LogP contribution in [0.5, 0.6) is 0 Å². The molecular formula is C12H10BrClN2O2S. The molecule has 0 fully saturated rings. The van der Waals surface area contributed by atoms with Gasteiger partial charge in [0.1, 0.15) is 0 Å². The van der Waals surface area contributed by atoms with Gasteiger partial charge >= 0.3 is 0 Å². The zero-order chi connectivity index (χ0) is 14.0. The quantitative estimate of drug-likeness (QED) is 0.908. The number of halogens is 2. The first-order chi connectivity index (χ1) is 8.88. The number of hydrogen-bond donors (Lipinski definition) is 1. The Labute approximate surface area is 125 Å². The number of anilines is 1. The van der Waals surface area contributed by atoms with Crippen LogP contribution in [-0.4, -0.2) is 13.4 Å². The Hall–Kier alpha value is -1.11. The van der Waals surface area contributed by atoms with Crippen LogP contribution >= 0.6 is 27.5 Å². The fourth-order valence-corrected chi connectivity index (χ4v) is 3.19. The van der Waals surface area contributed by atoms with Crippen LogP contribution in [0.15, 0.2) is 45.9 Å². The van der Waals surface area contributed by atoms with E-state index in [1.54, 1.807) is 25.3 Å². The highest BCUT2D eigenvalue weighted by atomic mass is 79.9. The molecular weight excluding hydrogens is 352 g/mol. The molecule has 0 aliphatic rings. The third kappa shape index (κ3) is 3.46. The van der Waals surface area contributed by atoms with Gasteiger partial charge in [0.25, 0.3) is 10.0 Å². The topological polar surface area (TPSA) is 59.1 Å². The second kappa shape index (κ2) is 5.48. The van der Waals surface area contributed by atoms with Crippen LogP contribution in [0, 0.1) is 6.92 Å². The normalized spacial score (nSPS) is 11.3. The van der Waals surface area contributed by atoms with Crippen LogP contribution in [-0.2, 0) is 10.0 Å². The maximum absolute atomic E-state index is 12.2. The summed E-state index contributed by atoms with van der Waals surface area (Å²) in [6, 6.07) is 7.68. The Morgan fingerprint density at radius 3 is 2.63 bits per heavy atom. The van der Waals surface area contributed by atoms with E-state index < -0.39 is 10.0 Å². The molecule has 100 valence electrons. The van der Waals surface area contributed by atoms with Gasteiger partial charge < -0.3 is 0 Å². The lowest BCUT2D eigenvalue weighted by Crippen LogP contribution is -2.13. The van der Waals surface area contributed by atoms with Gasteiger partial charge in [-0.1, -0.05) is 11.6 Å². The minimum atomic E-state index is -3.64. The molecule has 0 saturated carbocycles. The molecule has 1 heterocycles. The first-order valence-corrected chi connectivity index (χ1v) is 7.94. The Bertz CT molecular complexity index is 719. The summed E-state index contributed by atoms with van der Waals surface area (Å²) in [7, 11) is -3.64. The number of sulfonamides is 1. The molecule has 0 aliphatic carbocycles. The van der Waals surface area contributed by atoms with Crippen LogP contribution in [0.25, 0.3) is 0 Å². The van der Waals surface area contributed by atoms with Crippen LogP contribution in [0.1, 0.15) is 5.69 Å². The molecule has 0 saturated heterocycles. The lowest BCUT2D eigenvalue weighted by molar-refractivity contribution is 0.601. The number of benzene rings is 1. The van der Waals surface area contributed by atoms with Gasteiger partial charge in [0.2, 0.25) is 0 Å². The summed E-state index contributed by atoms with van der Waals surface area (Å²) < 4.78 is 27.4. The molecule has 19 heavy (non-hydrogen) atoms. The van der Waals surface area contributed by atoms with Crippen molar-refractivity contribution in [1.29, 1.82) is 0 Å². The second-order valence-electron chi connectivity index (χ2n) is 3.87. The SMILES string of the molecule is Cc1cc(NS(=O)(=O)c2ccc(Cl)c(Br)c2)ccn1. The van der Waals surface area contributed by atoms with Crippen molar-refractivity contribution >= 4 is 43.2 Å². The summed E-state index contributed by atoms with van der Waals surface area (Å²) >= 11 is 9.04. The van der Waals surface area contributed by atoms with Crippen LogP contribution in [0.4, 0.5) is 5.69 Å². The Kier molecular flexibility index (Phi) is 4.13. The monoisotopic (exact) mass is 360 g/mol. The summed E-state index contributed by atoms with van der Waals surface area (Å²) in [4.78, 5) is 4.15. The minimum Gasteiger partial charge on any atom is -0.280 e. The molecule has 0 aliphatic heterocycles. The molecule has 0 amide bonds. The fourth-order valence-electron chi connectivity index (χ4n) is 1.47. The Morgan fingerprint density at radius 2 is 2.00 bits per heavy atom. The molecule has 0 bridgehead atoms. The number of nitrogens with one attached hydrogen (secondary N) is 1. The van der Waals surface area contributed by atoms with Gasteiger partial charge in [-0.15, -0.1) is 0 Å². The highest BCUT2D eigenvalue weighted by molar-refractivity contribution is 9.10. The minimum absolute atomic E-state index is 0.137. The molecule has 2 rings (SSSR count). The van der Waals surface area contributed by atoms with Crippen molar-refractivity contribution in [2.75, 3.05) is 4.72 Å². The van der Waals surface area contributed by atoms with Gasteiger partial charge in [0.15, 0.2) is 0 Å². The molecule has 7 heteroatoms. The molecule has 1 aromatic carbocycles. The number of hydrogen-bond acceptors (Lipinski definition) is 3. The number of nitrogens with zero attached hydrogens (tertiary/aromatic N) is 1. The first kappa shape index (κ1) is 14.3. The van der Waals surface area contributed by atoms with Crippen molar-refractivity contribution in [3.63, 3.8) is 0 Å². The van der Waals surface area contributed by atoms with Gasteiger partial charge in [-0.25, -0.2) is 8.42 Å². The van der Waals surface area contributed by atoms with Gasteiger partial charge in [-0.2, -0.15) is 0 Å². The van der Waals surface area contributed by atoms with E-state index in [-0.39, 0.29) is 4.90 Å². The van der Waals surface area contributed by atoms with E-state index in [0.717, 1.165) is 5.69 Å². The van der Waals surface area contributed by atoms with Gasteiger partial charge in [-0.05, 0) is 53.2 Å². The van der Waals surface area contributed by atoms with E-state index in [0.29, 0.717) is 15.2 Å².